The first-order valence-corrected chi connectivity index (χ1v) is 6.17. The Balaban J connectivity index is 3.87. The number of unbranched alkanes of at least 4 members (excludes halogenated alkanes) is 1. The van der Waals surface area contributed by atoms with Crippen LogP contribution in [-0.2, 0) is 9.53 Å². The number of thiocarbonyl (C=S) groups is 1. The molecule has 0 saturated heterocycles. The van der Waals surface area contributed by atoms with Crippen LogP contribution in [-0.4, -0.2) is 42.1 Å². The molecule has 94 valence electrons. The molecule has 0 heterocycles. The summed E-state index contributed by atoms with van der Waals surface area (Å²) in [5, 5.41) is 0. The lowest BCUT2D eigenvalue weighted by molar-refractivity contribution is -0.144. The van der Waals surface area contributed by atoms with Crippen molar-refractivity contribution in [1.82, 2.24) is 4.90 Å². The van der Waals surface area contributed by atoms with Crippen LogP contribution >= 0.6 is 12.2 Å². The van der Waals surface area contributed by atoms with Gasteiger partial charge in [-0.05, 0) is 19.4 Å². The molecule has 5 heteroatoms. The van der Waals surface area contributed by atoms with Crippen LogP contribution in [0.25, 0.3) is 0 Å². The molecular formula is C11H22N2O2S. The summed E-state index contributed by atoms with van der Waals surface area (Å²) in [5.74, 6) is -0.196. The minimum absolute atomic E-state index is 0.196. The lowest BCUT2D eigenvalue weighted by atomic mass is 10.3. The van der Waals surface area contributed by atoms with Crippen LogP contribution < -0.4 is 5.73 Å². The Labute approximate surface area is 103 Å². The van der Waals surface area contributed by atoms with E-state index in [0.717, 1.165) is 25.8 Å². The fourth-order valence-electron chi connectivity index (χ4n) is 1.31. The van der Waals surface area contributed by atoms with Crippen molar-refractivity contribution in [2.45, 2.75) is 33.1 Å². The standard InChI is InChI=1S/C11H22N2O2S/c1-3-5-7-15-11(14)9-13(6-4-2)8-10(12)16/h3-9H2,1-2H3,(H2,12,16). The van der Waals surface area contributed by atoms with Crippen molar-refractivity contribution < 1.29 is 9.53 Å². The Morgan fingerprint density at radius 1 is 1.31 bits per heavy atom. The van der Waals surface area contributed by atoms with E-state index in [4.69, 9.17) is 22.7 Å². The fourth-order valence-corrected chi connectivity index (χ4v) is 1.49. The van der Waals surface area contributed by atoms with E-state index in [9.17, 15) is 4.79 Å². The molecular weight excluding hydrogens is 224 g/mol. The molecule has 4 nitrogen and oxygen atoms in total. The van der Waals surface area contributed by atoms with E-state index < -0.39 is 0 Å². The van der Waals surface area contributed by atoms with Crippen molar-refractivity contribution in [2.75, 3.05) is 26.2 Å². The van der Waals surface area contributed by atoms with Crippen molar-refractivity contribution in [1.29, 1.82) is 0 Å². The summed E-state index contributed by atoms with van der Waals surface area (Å²) in [6, 6.07) is 0. The van der Waals surface area contributed by atoms with Gasteiger partial charge in [0, 0.05) is 6.54 Å². The molecule has 0 aromatic rings. The predicted octanol–water partition coefficient (Wildman–Crippen LogP) is 1.33. The number of nitrogens with two attached hydrogens (primary N) is 1. The third kappa shape index (κ3) is 8.61. The van der Waals surface area contributed by atoms with Gasteiger partial charge in [0.15, 0.2) is 0 Å². The highest BCUT2D eigenvalue weighted by Gasteiger charge is 2.11. The molecule has 0 fully saturated rings. The highest BCUT2D eigenvalue weighted by atomic mass is 32.1. The van der Waals surface area contributed by atoms with Crippen LogP contribution in [0.3, 0.4) is 0 Å². The molecule has 0 aliphatic heterocycles. The summed E-state index contributed by atoms with van der Waals surface area (Å²) in [6.45, 7) is 6.17. The number of esters is 1. The first-order valence-electron chi connectivity index (χ1n) is 5.76. The molecule has 0 bridgehead atoms. The molecule has 0 saturated carbocycles. The number of rotatable bonds is 9. The number of hydrogen-bond donors (Lipinski definition) is 1. The molecule has 0 radical (unpaired) electrons. The summed E-state index contributed by atoms with van der Waals surface area (Å²) in [7, 11) is 0. The molecule has 0 aromatic carbocycles. The van der Waals surface area contributed by atoms with Gasteiger partial charge >= 0.3 is 5.97 Å². The van der Waals surface area contributed by atoms with Gasteiger partial charge in [0.05, 0.1) is 18.1 Å². The van der Waals surface area contributed by atoms with Gasteiger partial charge in [-0.1, -0.05) is 32.5 Å². The van der Waals surface area contributed by atoms with Crippen LogP contribution in [0.2, 0.25) is 0 Å². The fraction of sp³-hybridized carbons (Fsp3) is 0.818. The molecule has 16 heavy (non-hydrogen) atoms. The van der Waals surface area contributed by atoms with E-state index in [1.807, 2.05) is 4.90 Å². The van der Waals surface area contributed by atoms with Crippen LogP contribution in [0, 0.1) is 0 Å². The van der Waals surface area contributed by atoms with Gasteiger partial charge in [0.25, 0.3) is 0 Å². The topological polar surface area (TPSA) is 55.6 Å². The quantitative estimate of drug-likeness (QED) is 0.378. The monoisotopic (exact) mass is 246 g/mol. The summed E-state index contributed by atoms with van der Waals surface area (Å²) < 4.78 is 5.08. The van der Waals surface area contributed by atoms with Crippen molar-refractivity contribution in [3.05, 3.63) is 0 Å². The zero-order chi connectivity index (χ0) is 12.4. The summed E-state index contributed by atoms with van der Waals surface area (Å²) in [4.78, 5) is 13.8. The molecule has 0 atom stereocenters. The molecule has 0 rings (SSSR count). The Hall–Kier alpha value is -0.680. The maximum Gasteiger partial charge on any atom is 0.320 e. The molecule has 2 N–H and O–H groups in total. The Morgan fingerprint density at radius 3 is 2.50 bits per heavy atom. The van der Waals surface area contributed by atoms with E-state index in [2.05, 4.69) is 13.8 Å². The first kappa shape index (κ1) is 15.3. The number of hydrogen-bond acceptors (Lipinski definition) is 4. The van der Waals surface area contributed by atoms with Crippen molar-refractivity contribution in [3.63, 3.8) is 0 Å². The maximum absolute atomic E-state index is 11.4. The molecule has 0 amide bonds. The SMILES string of the molecule is CCCCOC(=O)CN(CCC)CC(N)=S. The van der Waals surface area contributed by atoms with E-state index in [1.54, 1.807) is 0 Å². The number of ether oxygens (including phenoxy) is 1. The first-order chi connectivity index (χ1) is 7.60. The van der Waals surface area contributed by atoms with Crippen LogP contribution in [0.4, 0.5) is 0 Å². The van der Waals surface area contributed by atoms with E-state index in [0.29, 0.717) is 18.1 Å². The largest absolute Gasteiger partial charge is 0.465 e. The summed E-state index contributed by atoms with van der Waals surface area (Å²) in [5.41, 5.74) is 5.46. The van der Waals surface area contributed by atoms with Crippen LogP contribution in [0.1, 0.15) is 33.1 Å². The average molecular weight is 246 g/mol. The highest BCUT2D eigenvalue weighted by molar-refractivity contribution is 7.80. The van der Waals surface area contributed by atoms with Crippen LogP contribution in [0.5, 0.6) is 0 Å². The number of carbonyl (C=O) groups is 1. The van der Waals surface area contributed by atoms with E-state index in [1.165, 1.54) is 0 Å². The molecule has 0 unspecified atom stereocenters. The molecule has 0 aliphatic carbocycles. The summed E-state index contributed by atoms with van der Waals surface area (Å²) >= 11 is 4.83. The van der Waals surface area contributed by atoms with Crippen molar-refractivity contribution in [2.24, 2.45) is 5.73 Å². The minimum atomic E-state index is -0.196. The van der Waals surface area contributed by atoms with Crippen molar-refractivity contribution in [3.8, 4) is 0 Å². The number of carbonyl (C=O) groups excluding carboxylic acids is 1. The van der Waals surface area contributed by atoms with Crippen LogP contribution in [0.15, 0.2) is 0 Å². The Morgan fingerprint density at radius 2 is 2.00 bits per heavy atom. The average Bonchev–Trinajstić information content (AvgIpc) is 2.17. The Bertz CT molecular complexity index is 222. The zero-order valence-corrected chi connectivity index (χ0v) is 11.0. The lowest BCUT2D eigenvalue weighted by Gasteiger charge is -2.19. The van der Waals surface area contributed by atoms with E-state index >= 15 is 0 Å². The second-order valence-electron chi connectivity index (χ2n) is 3.75. The zero-order valence-electron chi connectivity index (χ0n) is 10.2. The van der Waals surface area contributed by atoms with Gasteiger partial charge in [-0.2, -0.15) is 0 Å². The van der Waals surface area contributed by atoms with Gasteiger partial charge in [0.1, 0.15) is 0 Å². The summed E-state index contributed by atoms with van der Waals surface area (Å²) in [6.07, 6.45) is 2.90. The van der Waals surface area contributed by atoms with Gasteiger partial charge in [-0.3, -0.25) is 9.69 Å². The second-order valence-corrected chi connectivity index (χ2v) is 4.28. The highest BCUT2D eigenvalue weighted by Crippen LogP contribution is 1.95. The molecule has 0 aliphatic rings. The molecule has 0 aromatic heterocycles. The van der Waals surface area contributed by atoms with E-state index in [-0.39, 0.29) is 12.5 Å². The van der Waals surface area contributed by atoms with Gasteiger partial charge < -0.3 is 10.5 Å². The molecule has 0 spiro atoms. The van der Waals surface area contributed by atoms with Gasteiger partial charge in [0.2, 0.25) is 0 Å². The lowest BCUT2D eigenvalue weighted by Crippen LogP contribution is -2.37. The second kappa shape index (κ2) is 9.54. The third-order valence-electron chi connectivity index (χ3n) is 2.03. The smallest absolute Gasteiger partial charge is 0.320 e. The van der Waals surface area contributed by atoms with Crippen molar-refractivity contribution >= 4 is 23.2 Å². The maximum atomic E-state index is 11.4. The van der Waals surface area contributed by atoms with Gasteiger partial charge in [-0.15, -0.1) is 0 Å². The Kier molecular flexibility index (Phi) is 9.13. The minimum Gasteiger partial charge on any atom is -0.465 e. The number of nitrogens with zero attached hydrogens (tertiary/aromatic N) is 1. The van der Waals surface area contributed by atoms with Gasteiger partial charge in [-0.25, -0.2) is 0 Å². The predicted molar refractivity (Wildman–Crippen MR) is 69.4 cm³/mol. The normalized spacial score (nSPS) is 10.4. The third-order valence-corrected chi connectivity index (χ3v) is 2.16.